The summed E-state index contributed by atoms with van der Waals surface area (Å²) in [7, 11) is 0. The molecule has 0 aliphatic heterocycles. The van der Waals surface area contributed by atoms with Crippen LogP contribution in [0.4, 0.5) is 5.69 Å². The van der Waals surface area contributed by atoms with Crippen LogP contribution < -0.4 is 16.4 Å². The fraction of sp³-hybridized carbons (Fsp3) is 0.250. The average Bonchev–Trinajstić information content (AvgIpc) is 2.59. The largest absolute Gasteiger partial charge is 0.366 e. The number of nitrogens with one attached hydrogen (secondary N) is 2. The van der Waals surface area contributed by atoms with Crippen LogP contribution in [0.15, 0.2) is 48.5 Å². The Balaban J connectivity index is 2.12. The monoisotopic (exact) mass is 353 g/mol. The third-order valence-corrected chi connectivity index (χ3v) is 3.96. The number of hydrogen-bond donors (Lipinski definition) is 3. The lowest BCUT2D eigenvalue weighted by Crippen LogP contribution is -2.47. The van der Waals surface area contributed by atoms with Gasteiger partial charge in [0.1, 0.15) is 6.04 Å². The van der Waals surface area contributed by atoms with E-state index < -0.39 is 11.9 Å². The van der Waals surface area contributed by atoms with Gasteiger partial charge in [-0.3, -0.25) is 14.4 Å². The number of anilines is 1. The van der Waals surface area contributed by atoms with Gasteiger partial charge < -0.3 is 16.4 Å². The highest BCUT2D eigenvalue weighted by Gasteiger charge is 2.25. The summed E-state index contributed by atoms with van der Waals surface area (Å²) in [5.41, 5.74) is 7.54. The fourth-order valence-corrected chi connectivity index (χ4v) is 2.43. The van der Waals surface area contributed by atoms with Gasteiger partial charge in [0, 0.05) is 16.8 Å². The van der Waals surface area contributed by atoms with E-state index in [2.05, 4.69) is 10.6 Å². The molecule has 0 fully saturated rings. The summed E-state index contributed by atoms with van der Waals surface area (Å²) < 4.78 is 0. The molecule has 4 N–H and O–H groups in total. The number of rotatable bonds is 6. The number of benzene rings is 2. The van der Waals surface area contributed by atoms with Crippen LogP contribution in [0.1, 0.15) is 40.1 Å². The number of primary amides is 1. The Morgan fingerprint density at radius 1 is 0.962 bits per heavy atom. The quantitative estimate of drug-likeness (QED) is 0.743. The van der Waals surface area contributed by atoms with Gasteiger partial charge in [-0.25, -0.2) is 0 Å². The second-order valence-electron chi connectivity index (χ2n) is 6.50. The molecule has 0 saturated heterocycles. The van der Waals surface area contributed by atoms with E-state index in [0.717, 1.165) is 5.56 Å². The van der Waals surface area contributed by atoms with Crippen LogP contribution in [0.2, 0.25) is 0 Å². The standard InChI is InChI=1S/C20H23N3O3/c1-12(2)17(23-19(25)14-9-7-13(3)8-10-14)20(26)22-16-6-4-5-15(11-16)18(21)24/h4-12,17H,1-3H3,(H2,21,24)(H,22,26)(H,23,25)/t17-/m0/s1. The van der Waals surface area contributed by atoms with Gasteiger partial charge in [-0.05, 0) is 43.2 Å². The fourth-order valence-electron chi connectivity index (χ4n) is 2.43. The molecule has 0 heterocycles. The number of carbonyl (C=O) groups is 3. The maximum absolute atomic E-state index is 12.6. The van der Waals surface area contributed by atoms with E-state index >= 15 is 0 Å². The highest BCUT2D eigenvalue weighted by molar-refractivity contribution is 6.02. The third kappa shape index (κ3) is 4.92. The van der Waals surface area contributed by atoms with Crippen molar-refractivity contribution in [3.05, 3.63) is 65.2 Å². The van der Waals surface area contributed by atoms with Crippen LogP contribution >= 0.6 is 0 Å². The highest BCUT2D eigenvalue weighted by Crippen LogP contribution is 2.13. The van der Waals surface area contributed by atoms with Crippen LogP contribution in [-0.4, -0.2) is 23.8 Å². The molecule has 0 aromatic heterocycles. The molecule has 2 aromatic carbocycles. The number of hydrogen-bond acceptors (Lipinski definition) is 3. The maximum Gasteiger partial charge on any atom is 0.251 e. The van der Waals surface area contributed by atoms with Crippen molar-refractivity contribution in [2.24, 2.45) is 11.7 Å². The van der Waals surface area contributed by atoms with Crippen LogP contribution in [0.3, 0.4) is 0 Å². The van der Waals surface area contributed by atoms with E-state index in [1.807, 2.05) is 32.9 Å². The molecule has 0 spiro atoms. The summed E-state index contributed by atoms with van der Waals surface area (Å²) in [5.74, 6) is -1.37. The zero-order chi connectivity index (χ0) is 19.3. The Morgan fingerprint density at radius 3 is 2.19 bits per heavy atom. The Labute approximate surface area is 152 Å². The maximum atomic E-state index is 12.6. The van der Waals surface area contributed by atoms with Crippen LogP contribution in [0.5, 0.6) is 0 Å². The van der Waals surface area contributed by atoms with Gasteiger partial charge in [0.15, 0.2) is 0 Å². The molecule has 0 radical (unpaired) electrons. The SMILES string of the molecule is Cc1ccc(C(=O)N[C@H](C(=O)Nc2cccc(C(N)=O)c2)C(C)C)cc1. The molecule has 0 aliphatic carbocycles. The van der Waals surface area contributed by atoms with Gasteiger partial charge in [-0.1, -0.05) is 37.6 Å². The summed E-state index contributed by atoms with van der Waals surface area (Å²) >= 11 is 0. The summed E-state index contributed by atoms with van der Waals surface area (Å²) in [6, 6.07) is 12.8. The van der Waals surface area contributed by atoms with Gasteiger partial charge >= 0.3 is 0 Å². The molecule has 0 bridgehead atoms. The summed E-state index contributed by atoms with van der Waals surface area (Å²) in [6.45, 7) is 5.63. The lowest BCUT2D eigenvalue weighted by molar-refractivity contribution is -0.118. The number of aryl methyl sites for hydroxylation is 1. The van der Waals surface area contributed by atoms with Crippen LogP contribution in [0.25, 0.3) is 0 Å². The van der Waals surface area contributed by atoms with E-state index in [9.17, 15) is 14.4 Å². The summed E-state index contributed by atoms with van der Waals surface area (Å²) in [5, 5.41) is 5.49. The van der Waals surface area contributed by atoms with Crippen LogP contribution in [-0.2, 0) is 4.79 Å². The normalized spacial score (nSPS) is 11.7. The average molecular weight is 353 g/mol. The molecule has 2 rings (SSSR count). The molecule has 1 atom stereocenters. The molecule has 6 nitrogen and oxygen atoms in total. The lowest BCUT2D eigenvalue weighted by Gasteiger charge is -2.22. The van der Waals surface area contributed by atoms with Gasteiger partial charge in [0.2, 0.25) is 11.8 Å². The Hall–Kier alpha value is -3.15. The molecule has 0 saturated carbocycles. The van der Waals surface area contributed by atoms with E-state index in [-0.39, 0.29) is 17.7 Å². The molecular weight excluding hydrogens is 330 g/mol. The van der Waals surface area contributed by atoms with Crippen molar-refractivity contribution in [2.45, 2.75) is 26.8 Å². The predicted octanol–water partition coefficient (Wildman–Crippen LogP) is 2.49. The summed E-state index contributed by atoms with van der Waals surface area (Å²) in [4.78, 5) is 36.3. The van der Waals surface area contributed by atoms with E-state index in [4.69, 9.17) is 5.73 Å². The second kappa shape index (κ2) is 8.29. The Morgan fingerprint density at radius 2 is 1.62 bits per heavy atom. The minimum Gasteiger partial charge on any atom is -0.366 e. The van der Waals surface area contributed by atoms with Crippen molar-refractivity contribution in [1.82, 2.24) is 5.32 Å². The molecule has 3 amide bonds. The zero-order valence-electron chi connectivity index (χ0n) is 15.1. The highest BCUT2D eigenvalue weighted by atomic mass is 16.2. The number of carbonyl (C=O) groups excluding carboxylic acids is 3. The van der Waals surface area contributed by atoms with Gasteiger partial charge in [0.05, 0.1) is 0 Å². The molecule has 6 heteroatoms. The zero-order valence-corrected chi connectivity index (χ0v) is 15.1. The van der Waals surface area contributed by atoms with E-state index in [1.165, 1.54) is 6.07 Å². The van der Waals surface area contributed by atoms with Gasteiger partial charge in [-0.2, -0.15) is 0 Å². The van der Waals surface area contributed by atoms with Crippen molar-refractivity contribution in [3.8, 4) is 0 Å². The first-order chi connectivity index (χ1) is 12.3. The second-order valence-corrected chi connectivity index (χ2v) is 6.50. The van der Waals surface area contributed by atoms with Crippen molar-refractivity contribution in [2.75, 3.05) is 5.32 Å². The van der Waals surface area contributed by atoms with Crippen molar-refractivity contribution in [3.63, 3.8) is 0 Å². The molecule has 0 aliphatic rings. The van der Waals surface area contributed by atoms with Crippen molar-refractivity contribution in [1.29, 1.82) is 0 Å². The minimum absolute atomic E-state index is 0.122. The van der Waals surface area contributed by atoms with Gasteiger partial charge in [0.25, 0.3) is 5.91 Å². The molecule has 136 valence electrons. The van der Waals surface area contributed by atoms with Gasteiger partial charge in [-0.15, -0.1) is 0 Å². The van der Waals surface area contributed by atoms with Crippen molar-refractivity contribution < 1.29 is 14.4 Å². The molecule has 0 unspecified atom stereocenters. The molecular formula is C20H23N3O3. The number of amides is 3. The first-order valence-corrected chi connectivity index (χ1v) is 8.36. The predicted molar refractivity (Wildman–Crippen MR) is 101 cm³/mol. The Kier molecular flexibility index (Phi) is 6.11. The van der Waals surface area contributed by atoms with E-state index in [0.29, 0.717) is 16.8 Å². The molecule has 26 heavy (non-hydrogen) atoms. The van der Waals surface area contributed by atoms with E-state index in [1.54, 1.807) is 30.3 Å². The number of nitrogens with two attached hydrogens (primary N) is 1. The summed E-state index contributed by atoms with van der Waals surface area (Å²) in [6.07, 6.45) is 0. The smallest absolute Gasteiger partial charge is 0.251 e. The molecule has 2 aromatic rings. The third-order valence-electron chi connectivity index (χ3n) is 3.96. The minimum atomic E-state index is -0.721. The topological polar surface area (TPSA) is 101 Å². The first-order valence-electron chi connectivity index (χ1n) is 8.36. The first kappa shape index (κ1) is 19.2. The van der Waals surface area contributed by atoms with Crippen LogP contribution in [0, 0.1) is 12.8 Å². The lowest BCUT2D eigenvalue weighted by atomic mass is 10.0. The Bertz CT molecular complexity index is 813. The van der Waals surface area contributed by atoms with Crippen molar-refractivity contribution >= 4 is 23.4 Å².